The van der Waals surface area contributed by atoms with Crippen molar-refractivity contribution in [3.8, 4) is 17.2 Å². The molecule has 0 heterocycles. The van der Waals surface area contributed by atoms with Gasteiger partial charge in [-0.15, -0.1) is 0 Å². The first-order valence-electron chi connectivity index (χ1n) is 7.68. The number of carbonyl (C=O) groups is 1. The van der Waals surface area contributed by atoms with E-state index in [9.17, 15) is 20.1 Å². The minimum absolute atomic E-state index is 0.0832. The Morgan fingerprint density at radius 1 is 1.13 bits per heavy atom. The van der Waals surface area contributed by atoms with Gasteiger partial charge in [-0.1, -0.05) is 13.8 Å². The van der Waals surface area contributed by atoms with Gasteiger partial charge in [-0.3, -0.25) is 10.1 Å². The van der Waals surface area contributed by atoms with Gasteiger partial charge >= 0.3 is 0 Å². The fourth-order valence-electron chi connectivity index (χ4n) is 1.71. The fourth-order valence-corrected chi connectivity index (χ4v) is 1.71. The maximum atomic E-state index is 11.9. The van der Waals surface area contributed by atoms with Crippen LogP contribution in [0.15, 0.2) is 12.1 Å². The molecule has 1 aromatic carbocycles. The maximum absolute atomic E-state index is 11.9. The molecular weight excluding hydrogens is 300 g/mol. The molecule has 7 nitrogen and oxygen atoms in total. The summed E-state index contributed by atoms with van der Waals surface area (Å²) in [5, 5.41) is 33.8. The highest BCUT2D eigenvalue weighted by Gasteiger charge is 2.13. The average Bonchev–Trinajstić information content (AvgIpc) is 2.50. The highest BCUT2D eigenvalue weighted by atomic mass is 16.5. The first-order chi connectivity index (χ1) is 10.8. The Balaban J connectivity index is 2.22. The van der Waals surface area contributed by atoms with Crippen LogP contribution in [0.3, 0.4) is 0 Å². The van der Waals surface area contributed by atoms with Crippen LogP contribution >= 0.6 is 0 Å². The normalized spacial score (nSPS) is 12.3. The summed E-state index contributed by atoms with van der Waals surface area (Å²) >= 11 is 0. The van der Waals surface area contributed by atoms with Crippen LogP contribution in [0.1, 0.15) is 37.6 Å². The van der Waals surface area contributed by atoms with Crippen molar-refractivity contribution in [3.05, 3.63) is 17.7 Å². The molecule has 1 aromatic rings. The number of benzene rings is 1. The third kappa shape index (κ3) is 6.33. The monoisotopic (exact) mass is 326 g/mol. The van der Waals surface area contributed by atoms with Crippen LogP contribution in [0, 0.1) is 5.92 Å². The number of hydrogen-bond acceptors (Lipinski definition) is 6. The van der Waals surface area contributed by atoms with Gasteiger partial charge in [0.15, 0.2) is 17.2 Å². The molecule has 0 bridgehead atoms. The zero-order chi connectivity index (χ0) is 17.4. The number of ether oxygens (including phenoxy) is 1. The van der Waals surface area contributed by atoms with Crippen LogP contribution in [0.5, 0.6) is 17.2 Å². The highest BCUT2D eigenvalue weighted by Crippen LogP contribution is 2.35. The molecule has 0 spiro atoms. The van der Waals surface area contributed by atoms with Gasteiger partial charge in [0.25, 0.3) is 5.91 Å². The van der Waals surface area contributed by atoms with Crippen LogP contribution in [0.4, 0.5) is 0 Å². The summed E-state index contributed by atoms with van der Waals surface area (Å²) in [6.07, 6.45) is 0.901. The predicted octanol–water partition coefficient (Wildman–Crippen LogP) is 1.53. The van der Waals surface area contributed by atoms with Gasteiger partial charge in [-0.25, -0.2) is 0 Å². The first kappa shape index (κ1) is 19.1. The minimum Gasteiger partial charge on any atom is -0.504 e. The van der Waals surface area contributed by atoms with Crippen LogP contribution in [0.2, 0.25) is 0 Å². The van der Waals surface area contributed by atoms with Crippen molar-refractivity contribution < 1.29 is 24.9 Å². The number of hydrogen-bond donors (Lipinski definition) is 5. The fraction of sp³-hybridized carbons (Fsp3) is 0.562. The Morgan fingerprint density at radius 3 is 2.30 bits per heavy atom. The van der Waals surface area contributed by atoms with E-state index in [0.717, 1.165) is 12.1 Å². The summed E-state index contributed by atoms with van der Waals surface area (Å²) in [7, 11) is 0. The summed E-state index contributed by atoms with van der Waals surface area (Å²) in [4.78, 5) is 11.9. The van der Waals surface area contributed by atoms with Crippen molar-refractivity contribution >= 4 is 5.91 Å². The molecule has 23 heavy (non-hydrogen) atoms. The van der Waals surface area contributed by atoms with Gasteiger partial charge in [0, 0.05) is 12.1 Å². The molecule has 0 saturated heterocycles. The van der Waals surface area contributed by atoms with Gasteiger partial charge in [0.2, 0.25) is 0 Å². The molecule has 0 saturated carbocycles. The van der Waals surface area contributed by atoms with Gasteiger partial charge in [-0.2, -0.15) is 0 Å². The Bertz CT molecular complexity index is 496. The smallest absolute Gasteiger partial charge is 0.251 e. The van der Waals surface area contributed by atoms with Crippen LogP contribution in [-0.2, 0) is 4.74 Å². The van der Waals surface area contributed by atoms with Crippen molar-refractivity contribution in [2.24, 2.45) is 5.92 Å². The van der Waals surface area contributed by atoms with E-state index in [2.05, 4.69) is 24.5 Å². The number of phenolic OH excluding ortho intramolecular Hbond substituents is 3. The number of carbonyl (C=O) groups excluding carboxylic acids is 1. The molecule has 0 aliphatic heterocycles. The van der Waals surface area contributed by atoms with Gasteiger partial charge in [0.05, 0.1) is 12.8 Å². The Labute approximate surface area is 136 Å². The van der Waals surface area contributed by atoms with E-state index in [0.29, 0.717) is 32.2 Å². The van der Waals surface area contributed by atoms with E-state index in [4.69, 9.17) is 4.74 Å². The van der Waals surface area contributed by atoms with Crippen molar-refractivity contribution in [3.63, 3.8) is 0 Å². The van der Waals surface area contributed by atoms with Crippen molar-refractivity contribution in [2.75, 3.05) is 19.8 Å². The molecular formula is C16H26N2O5. The van der Waals surface area contributed by atoms with E-state index in [1.807, 2.05) is 6.92 Å². The average molecular weight is 326 g/mol. The van der Waals surface area contributed by atoms with E-state index < -0.39 is 23.2 Å². The molecule has 130 valence electrons. The lowest BCUT2D eigenvalue weighted by molar-refractivity contribution is 0.0241. The molecule has 1 unspecified atom stereocenters. The SMILES string of the molecule is CC(C)C(C)OCNCCCNC(=O)c1cc(O)c(O)c(O)c1. The quantitative estimate of drug-likeness (QED) is 0.267. The molecule has 1 atom stereocenters. The van der Waals surface area contributed by atoms with Gasteiger partial charge < -0.3 is 25.4 Å². The maximum Gasteiger partial charge on any atom is 0.251 e. The largest absolute Gasteiger partial charge is 0.504 e. The molecule has 0 aliphatic rings. The minimum atomic E-state index is -0.638. The second kappa shape index (κ2) is 9.22. The summed E-state index contributed by atoms with van der Waals surface area (Å²) in [6.45, 7) is 7.81. The number of aromatic hydroxyl groups is 3. The summed E-state index contributed by atoms with van der Waals surface area (Å²) in [5.74, 6) is -1.67. The summed E-state index contributed by atoms with van der Waals surface area (Å²) in [5.41, 5.74) is 0.0832. The van der Waals surface area contributed by atoms with Crippen molar-refractivity contribution in [1.29, 1.82) is 0 Å². The Hall–Kier alpha value is -1.99. The van der Waals surface area contributed by atoms with E-state index in [1.54, 1.807) is 0 Å². The lowest BCUT2D eigenvalue weighted by Crippen LogP contribution is -2.29. The Morgan fingerprint density at radius 2 is 1.74 bits per heavy atom. The molecule has 0 radical (unpaired) electrons. The van der Waals surface area contributed by atoms with Crippen LogP contribution < -0.4 is 10.6 Å². The number of rotatable bonds is 9. The highest BCUT2D eigenvalue weighted by molar-refractivity contribution is 5.95. The van der Waals surface area contributed by atoms with Gasteiger partial charge in [-0.05, 0) is 37.9 Å². The molecule has 0 aliphatic carbocycles. The molecule has 7 heteroatoms. The third-order valence-electron chi connectivity index (χ3n) is 3.53. The molecule has 0 fully saturated rings. The standard InChI is InChI=1S/C16H26N2O5/c1-10(2)11(3)23-9-17-5-4-6-18-16(22)12-7-13(19)15(21)14(20)8-12/h7-8,10-11,17,19-21H,4-6,9H2,1-3H3,(H,18,22). The zero-order valence-electron chi connectivity index (χ0n) is 13.8. The van der Waals surface area contributed by atoms with Crippen molar-refractivity contribution in [1.82, 2.24) is 10.6 Å². The van der Waals surface area contributed by atoms with E-state index >= 15 is 0 Å². The third-order valence-corrected chi connectivity index (χ3v) is 3.53. The van der Waals surface area contributed by atoms with Crippen molar-refractivity contribution in [2.45, 2.75) is 33.3 Å². The second-order valence-electron chi connectivity index (χ2n) is 5.73. The summed E-state index contributed by atoms with van der Waals surface area (Å²) < 4.78 is 5.56. The summed E-state index contributed by atoms with van der Waals surface area (Å²) in [6, 6.07) is 2.20. The first-order valence-corrected chi connectivity index (χ1v) is 7.68. The Kier molecular flexibility index (Phi) is 7.64. The van der Waals surface area contributed by atoms with E-state index in [-0.39, 0.29) is 11.7 Å². The van der Waals surface area contributed by atoms with Gasteiger partial charge in [0.1, 0.15) is 0 Å². The second-order valence-corrected chi connectivity index (χ2v) is 5.73. The lowest BCUT2D eigenvalue weighted by Gasteiger charge is -2.16. The lowest BCUT2D eigenvalue weighted by atomic mass is 10.1. The molecule has 1 amide bonds. The van der Waals surface area contributed by atoms with E-state index in [1.165, 1.54) is 0 Å². The number of amides is 1. The van der Waals surface area contributed by atoms with Crippen LogP contribution in [0.25, 0.3) is 0 Å². The number of nitrogens with one attached hydrogen (secondary N) is 2. The number of phenols is 3. The zero-order valence-corrected chi connectivity index (χ0v) is 13.8. The molecule has 0 aromatic heterocycles. The topological polar surface area (TPSA) is 111 Å². The molecule has 1 rings (SSSR count). The van der Waals surface area contributed by atoms with Crippen LogP contribution in [-0.4, -0.2) is 47.2 Å². The predicted molar refractivity (Wildman–Crippen MR) is 86.6 cm³/mol. The molecule has 5 N–H and O–H groups in total.